The Morgan fingerprint density at radius 1 is 1.36 bits per heavy atom. The van der Waals surface area contributed by atoms with Crippen LogP contribution in [0.3, 0.4) is 0 Å². The number of piperidine rings is 1. The molecule has 0 spiro atoms. The van der Waals surface area contributed by atoms with Gasteiger partial charge in [0.15, 0.2) is 0 Å². The molecule has 0 radical (unpaired) electrons. The summed E-state index contributed by atoms with van der Waals surface area (Å²) in [6, 6.07) is 1.93. The van der Waals surface area contributed by atoms with Gasteiger partial charge in [-0.25, -0.2) is 9.97 Å². The van der Waals surface area contributed by atoms with E-state index in [0.717, 1.165) is 44.8 Å². The molecule has 0 aromatic carbocycles. The van der Waals surface area contributed by atoms with Gasteiger partial charge in [0.2, 0.25) is 5.95 Å². The molecule has 1 amide bonds. The zero-order valence-corrected chi connectivity index (χ0v) is 15.2. The third kappa shape index (κ3) is 4.89. The Balaban J connectivity index is 1.50. The number of nitrogens with zero attached hydrogens (tertiary/aromatic N) is 3. The summed E-state index contributed by atoms with van der Waals surface area (Å²) >= 11 is 0. The number of nitrogen functional groups attached to an aromatic ring is 1. The summed E-state index contributed by atoms with van der Waals surface area (Å²) in [5.41, 5.74) is 6.90. The summed E-state index contributed by atoms with van der Waals surface area (Å²) in [6.07, 6.45) is 4.65. The maximum absolute atomic E-state index is 12.5. The Morgan fingerprint density at radius 3 is 2.76 bits per heavy atom. The van der Waals surface area contributed by atoms with Crippen LogP contribution in [0, 0.1) is 0 Å². The third-order valence-electron chi connectivity index (χ3n) is 5.00. The Hall–Kier alpha value is -1.73. The topological polar surface area (TPSA) is 93.4 Å². The van der Waals surface area contributed by atoms with Crippen molar-refractivity contribution in [1.82, 2.24) is 20.2 Å². The predicted octanol–water partition coefficient (Wildman–Crippen LogP) is 1.56. The van der Waals surface area contributed by atoms with E-state index in [1.54, 1.807) is 6.07 Å². The zero-order chi connectivity index (χ0) is 17.8. The molecule has 1 aromatic rings. The molecule has 1 unspecified atom stereocenters. The Bertz CT molecular complexity index is 593. The van der Waals surface area contributed by atoms with Crippen LogP contribution in [0.2, 0.25) is 0 Å². The van der Waals surface area contributed by atoms with E-state index in [2.05, 4.69) is 20.2 Å². The number of carbonyl (C=O) groups is 1. The van der Waals surface area contributed by atoms with Crippen LogP contribution in [-0.2, 0) is 4.74 Å². The van der Waals surface area contributed by atoms with Gasteiger partial charge in [0.1, 0.15) is 5.69 Å². The molecule has 1 atom stereocenters. The molecule has 7 heteroatoms. The summed E-state index contributed by atoms with van der Waals surface area (Å²) in [6.45, 7) is 7.95. The maximum Gasteiger partial charge on any atom is 0.270 e. The van der Waals surface area contributed by atoms with Gasteiger partial charge in [0, 0.05) is 38.0 Å². The minimum atomic E-state index is -0.159. The molecular weight excluding hydrogens is 318 g/mol. The highest BCUT2D eigenvalue weighted by molar-refractivity contribution is 5.92. The van der Waals surface area contributed by atoms with Crippen molar-refractivity contribution in [3.05, 3.63) is 17.5 Å². The van der Waals surface area contributed by atoms with Crippen LogP contribution in [0.25, 0.3) is 0 Å². The molecule has 0 bridgehead atoms. The summed E-state index contributed by atoms with van der Waals surface area (Å²) in [5.74, 6) is 0.203. The Labute approximate surface area is 149 Å². The molecule has 0 aliphatic carbocycles. The smallest absolute Gasteiger partial charge is 0.270 e. The van der Waals surface area contributed by atoms with Crippen LogP contribution in [-0.4, -0.2) is 59.2 Å². The van der Waals surface area contributed by atoms with E-state index in [0.29, 0.717) is 11.8 Å². The second kappa shape index (κ2) is 8.10. The lowest BCUT2D eigenvalue weighted by Gasteiger charge is -2.33. The first-order chi connectivity index (χ1) is 12.0. The largest absolute Gasteiger partial charge is 0.377 e. The number of carbonyl (C=O) groups excluding carboxylic acids is 1. The minimum Gasteiger partial charge on any atom is -0.377 e. The SMILES string of the molecule is CC(C)c1cc(C(=O)NC2CCN(CC3CCCO3)CC2)nc(N)n1. The number of anilines is 1. The van der Waals surface area contributed by atoms with Crippen molar-refractivity contribution in [1.29, 1.82) is 0 Å². The van der Waals surface area contributed by atoms with E-state index >= 15 is 0 Å². The van der Waals surface area contributed by atoms with Crippen molar-refractivity contribution >= 4 is 11.9 Å². The van der Waals surface area contributed by atoms with Gasteiger partial charge in [0.05, 0.1) is 6.10 Å². The summed E-state index contributed by atoms with van der Waals surface area (Å²) < 4.78 is 5.71. The van der Waals surface area contributed by atoms with E-state index in [-0.39, 0.29) is 23.8 Å². The van der Waals surface area contributed by atoms with Crippen molar-refractivity contribution in [3.8, 4) is 0 Å². The minimum absolute atomic E-state index is 0.155. The highest BCUT2D eigenvalue weighted by Crippen LogP contribution is 2.18. The predicted molar refractivity (Wildman–Crippen MR) is 96.4 cm³/mol. The van der Waals surface area contributed by atoms with Crippen molar-refractivity contribution in [2.45, 2.75) is 57.6 Å². The van der Waals surface area contributed by atoms with Crippen LogP contribution in [0.5, 0.6) is 0 Å². The van der Waals surface area contributed by atoms with E-state index in [1.165, 1.54) is 12.8 Å². The first-order valence-electron chi connectivity index (χ1n) is 9.30. The van der Waals surface area contributed by atoms with Crippen molar-refractivity contribution in [2.75, 3.05) is 32.0 Å². The molecule has 7 nitrogen and oxygen atoms in total. The lowest BCUT2D eigenvalue weighted by Crippen LogP contribution is -2.46. The van der Waals surface area contributed by atoms with Crippen LogP contribution in [0.4, 0.5) is 5.95 Å². The molecule has 1 aromatic heterocycles. The highest BCUT2D eigenvalue weighted by Gasteiger charge is 2.25. The molecule has 2 aliphatic rings. The normalized spacial score (nSPS) is 22.4. The molecule has 3 rings (SSSR count). The van der Waals surface area contributed by atoms with E-state index in [1.807, 2.05) is 13.8 Å². The van der Waals surface area contributed by atoms with Gasteiger partial charge in [-0.2, -0.15) is 0 Å². The van der Waals surface area contributed by atoms with Crippen molar-refractivity contribution in [2.24, 2.45) is 0 Å². The molecule has 3 heterocycles. The van der Waals surface area contributed by atoms with E-state index < -0.39 is 0 Å². The second-order valence-corrected chi connectivity index (χ2v) is 7.37. The average molecular weight is 347 g/mol. The summed E-state index contributed by atoms with van der Waals surface area (Å²) in [5, 5.41) is 3.10. The number of aromatic nitrogens is 2. The highest BCUT2D eigenvalue weighted by atomic mass is 16.5. The number of hydrogen-bond acceptors (Lipinski definition) is 6. The fourth-order valence-corrected chi connectivity index (χ4v) is 3.49. The summed E-state index contributed by atoms with van der Waals surface area (Å²) in [4.78, 5) is 23.2. The lowest BCUT2D eigenvalue weighted by atomic mass is 10.0. The summed E-state index contributed by atoms with van der Waals surface area (Å²) in [7, 11) is 0. The first kappa shape index (κ1) is 18.1. The van der Waals surface area contributed by atoms with E-state index in [4.69, 9.17) is 10.5 Å². The van der Waals surface area contributed by atoms with Crippen LogP contribution in [0.15, 0.2) is 6.07 Å². The van der Waals surface area contributed by atoms with Crippen LogP contribution in [0.1, 0.15) is 61.6 Å². The lowest BCUT2D eigenvalue weighted by molar-refractivity contribution is 0.0612. The number of nitrogens with two attached hydrogens (primary N) is 1. The molecule has 2 aliphatic heterocycles. The van der Waals surface area contributed by atoms with Gasteiger partial charge in [-0.05, 0) is 37.7 Å². The second-order valence-electron chi connectivity index (χ2n) is 7.37. The molecule has 3 N–H and O–H groups in total. The Morgan fingerprint density at radius 2 is 2.12 bits per heavy atom. The first-order valence-corrected chi connectivity index (χ1v) is 9.30. The molecule has 2 fully saturated rings. The van der Waals surface area contributed by atoms with Gasteiger partial charge < -0.3 is 20.7 Å². The number of amides is 1. The molecule has 0 saturated carbocycles. The molecular formula is C18H29N5O2. The van der Waals surface area contributed by atoms with Gasteiger partial charge in [-0.3, -0.25) is 4.79 Å². The number of likely N-dealkylation sites (tertiary alicyclic amines) is 1. The van der Waals surface area contributed by atoms with Gasteiger partial charge in [0.25, 0.3) is 5.91 Å². The number of nitrogens with one attached hydrogen (secondary N) is 1. The monoisotopic (exact) mass is 347 g/mol. The zero-order valence-electron chi connectivity index (χ0n) is 15.2. The van der Waals surface area contributed by atoms with Crippen molar-refractivity contribution < 1.29 is 9.53 Å². The third-order valence-corrected chi connectivity index (χ3v) is 5.00. The van der Waals surface area contributed by atoms with Gasteiger partial charge in [-0.15, -0.1) is 0 Å². The standard InChI is InChI=1S/C18H29N5O2/c1-12(2)15-10-16(22-18(19)21-15)17(24)20-13-5-7-23(8-6-13)11-14-4-3-9-25-14/h10,12-14H,3-9,11H2,1-2H3,(H,20,24)(H2,19,21,22). The number of rotatable bonds is 5. The Kier molecular flexibility index (Phi) is 5.86. The van der Waals surface area contributed by atoms with Crippen LogP contribution < -0.4 is 11.1 Å². The van der Waals surface area contributed by atoms with Crippen molar-refractivity contribution in [3.63, 3.8) is 0 Å². The molecule has 25 heavy (non-hydrogen) atoms. The molecule has 138 valence electrons. The fraction of sp³-hybridized carbons (Fsp3) is 0.722. The van der Waals surface area contributed by atoms with Gasteiger partial charge >= 0.3 is 0 Å². The quantitative estimate of drug-likeness (QED) is 0.839. The fourth-order valence-electron chi connectivity index (χ4n) is 3.49. The number of hydrogen-bond donors (Lipinski definition) is 2. The molecule has 2 saturated heterocycles. The maximum atomic E-state index is 12.5. The van der Waals surface area contributed by atoms with E-state index in [9.17, 15) is 4.79 Å². The van der Waals surface area contributed by atoms with Gasteiger partial charge in [-0.1, -0.05) is 13.8 Å². The number of ether oxygens (including phenoxy) is 1. The van der Waals surface area contributed by atoms with Crippen LogP contribution >= 0.6 is 0 Å². The average Bonchev–Trinajstić information content (AvgIpc) is 3.09.